The van der Waals surface area contributed by atoms with E-state index in [9.17, 15) is 0 Å². The lowest BCUT2D eigenvalue weighted by Gasteiger charge is -2.04. The number of hydrogen-bond donors (Lipinski definition) is 1. The Morgan fingerprint density at radius 1 is 1.44 bits per heavy atom. The average molecular weight is 218 g/mol. The summed E-state index contributed by atoms with van der Waals surface area (Å²) in [5.74, 6) is 0. The maximum atomic E-state index is 5.74. The van der Waals surface area contributed by atoms with Gasteiger partial charge in [-0.2, -0.15) is 15.0 Å². The highest BCUT2D eigenvalue weighted by Crippen LogP contribution is 2.15. The highest BCUT2D eigenvalue weighted by Gasteiger charge is 2.05. The SMILES string of the molecule is COCc1cnn(-c2cc(N)ccc2C)n1. The minimum Gasteiger partial charge on any atom is -0.399 e. The molecule has 0 aliphatic heterocycles. The molecule has 16 heavy (non-hydrogen) atoms. The van der Waals surface area contributed by atoms with Crippen LogP contribution in [0.4, 0.5) is 5.69 Å². The van der Waals surface area contributed by atoms with Gasteiger partial charge in [0, 0.05) is 12.8 Å². The second kappa shape index (κ2) is 4.32. The van der Waals surface area contributed by atoms with Crippen LogP contribution in [0, 0.1) is 6.92 Å². The lowest BCUT2D eigenvalue weighted by molar-refractivity contribution is 0.181. The minimum atomic E-state index is 0.460. The number of nitrogens with zero attached hydrogens (tertiary/aromatic N) is 3. The van der Waals surface area contributed by atoms with E-state index in [2.05, 4.69) is 10.2 Å². The highest BCUT2D eigenvalue weighted by molar-refractivity contribution is 5.51. The fourth-order valence-electron chi connectivity index (χ4n) is 1.47. The van der Waals surface area contributed by atoms with Crippen LogP contribution in [-0.4, -0.2) is 22.1 Å². The van der Waals surface area contributed by atoms with Gasteiger partial charge in [-0.25, -0.2) is 0 Å². The topological polar surface area (TPSA) is 66.0 Å². The van der Waals surface area contributed by atoms with Gasteiger partial charge in [0.05, 0.1) is 18.5 Å². The monoisotopic (exact) mass is 218 g/mol. The Morgan fingerprint density at radius 2 is 2.25 bits per heavy atom. The molecule has 0 radical (unpaired) electrons. The molecule has 0 saturated heterocycles. The number of anilines is 1. The number of rotatable bonds is 3. The van der Waals surface area contributed by atoms with Crippen LogP contribution in [0.3, 0.4) is 0 Å². The zero-order valence-corrected chi connectivity index (χ0v) is 9.34. The van der Waals surface area contributed by atoms with Gasteiger partial charge in [-0.3, -0.25) is 0 Å². The summed E-state index contributed by atoms with van der Waals surface area (Å²) in [7, 11) is 1.63. The van der Waals surface area contributed by atoms with Crippen LogP contribution < -0.4 is 5.73 Å². The molecule has 2 N–H and O–H groups in total. The van der Waals surface area contributed by atoms with Crippen molar-refractivity contribution >= 4 is 5.69 Å². The summed E-state index contributed by atoms with van der Waals surface area (Å²) in [6.45, 7) is 2.45. The van der Waals surface area contributed by atoms with Gasteiger partial charge in [0.1, 0.15) is 5.69 Å². The summed E-state index contributed by atoms with van der Waals surface area (Å²) < 4.78 is 4.99. The third-order valence-corrected chi connectivity index (χ3v) is 2.28. The number of aryl methyl sites for hydroxylation is 1. The summed E-state index contributed by atoms with van der Waals surface area (Å²) in [6.07, 6.45) is 1.69. The van der Waals surface area contributed by atoms with E-state index in [0.717, 1.165) is 16.9 Å². The van der Waals surface area contributed by atoms with Gasteiger partial charge >= 0.3 is 0 Å². The molecule has 0 amide bonds. The first-order valence-electron chi connectivity index (χ1n) is 4.97. The van der Waals surface area contributed by atoms with E-state index in [0.29, 0.717) is 12.3 Å². The van der Waals surface area contributed by atoms with Crippen molar-refractivity contribution in [1.29, 1.82) is 0 Å². The van der Waals surface area contributed by atoms with Crippen LogP contribution in [0.25, 0.3) is 5.69 Å². The number of ether oxygens (including phenoxy) is 1. The molecule has 0 aliphatic rings. The fraction of sp³-hybridized carbons (Fsp3) is 0.273. The molecule has 0 fully saturated rings. The molecule has 1 heterocycles. The Balaban J connectivity index is 2.38. The molecular formula is C11H14N4O. The van der Waals surface area contributed by atoms with E-state index in [1.165, 1.54) is 0 Å². The van der Waals surface area contributed by atoms with Crippen LogP contribution in [0.5, 0.6) is 0 Å². The van der Waals surface area contributed by atoms with Crippen LogP contribution in [0.15, 0.2) is 24.4 Å². The molecule has 5 nitrogen and oxygen atoms in total. The first kappa shape index (κ1) is 10.6. The molecule has 0 atom stereocenters. The Hall–Kier alpha value is -1.88. The van der Waals surface area contributed by atoms with E-state index in [-0.39, 0.29) is 0 Å². The van der Waals surface area contributed by atoms with Gasteiger partial charge in [-0.05, 0) is 24.6 Å². The summed E-state index contributed by atoms with van der Waals surface area (Å²) in [6, 6.07) is 5.66. The first-order chi connectivity index (χ1) is 7.70. The Kier molecular flexibility index (Phi) is 2.87. The molecule has 0 saturated carbocycles. The first-order valence-corrected chi connectivity index (χ1v) is 4.97. The van der Waals surface area contributed by atoms with Crippen LogP contribution >= 0.6 is 0 Å². The average Bonchev–Trinajstić information content (AvgIpc) is 2.71. The van der Waals surface area contributed by atoms with Crippen LogP contribution in [0.2, 0.25) is 0 Å². The summed E-state index contributed by atoms with van der Waals surface area (Å²) >= 11 is 0. The van der Waals surface area contributed by atoms with Gasteiger partial charge in [0.25, 0.3) is 0 Å². The molecule has 5 heteroatoms. The van der Waals surface area contributed by atoms with Crippen LogP contribution in [0.1, 0.15) is 11.3 Å². The molecule has 1 aromatic carbocycles. The summed E-state index contributed by atoms with van der Waals surface area (Å²) in [4.78, 5) is 1.57. The quantitative estimate of drug-likeness (QED) is 0.789. The van der Waals surface area contributed by atoms with Crippen LogP contribution in [-0.2, 0) is 11.3 Å². The van der Waals surface area contributed by atoms with Crippen molar-refractivity contribution in [2.75, 3.05) is 12.8 Å². The second-order valence-corrected chi connectivity index (χ2v) is 3.60. The minimum absolute atomic E-state index is 0.460. The third-order valence-electron chi connectivity index (χ3n) is 2.28. The third kappa shape index (κ3) is 2.04. The molecule has 0 unspecified atom stereocenters. The molecule has 0 aliphatic carbocycles. The van der Waals surface area contributed by atoms with Gasteiger partial charge in [0.15, 0.2) is 0 Å². The Morgan fingerprint density at radius 3 is 3.00 bits per heavy atom. The van der Waals surface area contributed by atoms with Crippen molar-refractivity contribution in [2.45, 2.75) is 13.5 Å². The molecule has 0 bridgehead atoms. The normalized spacial score (nSPS) is 10.6. The molecule has 2 rings (SSSR count). The lowest BCUT2D eigenvalue weighted by atomic mass is 10.2. The smallest absolute Gasteiger partial charge is 0.109 e. The number of benzene rings is 1. The van der Waals surface area contributed by atoms with E-state index in [1.54, 1.807) is 18.1 Å². The largest absolute Gasteiger partial charge is 0.399 e. The Bertz CT molecular complexity index is 492. The molecule has 0 spiro atoms. The fourth-order valence-corrected chi connectivity index (χ4v) is 1.47. The molecule has 2 aromatic rings. The van der Waals surface area contributed by atoms with Gasteiger partial charge < -0.3 is 10.5 Å². The highest BCUT2D eigenvalue weighted by atomic mass is 16.5. The van der Waals surface area contributed by atoms with Crippen molar-refractivity contribution in [1.82, 2.24) is 15.0 Å². The van der Waals surface area contributed by atoms with E-state index in [1.807, 2.05) is 25.1 Å². The van der Waals surface area contributed by atoms with Gasteiger partial charge in [0.2, 0.25) is 0 Å². The maximum Gasteiger partial charge on any atom is 0.109 e. The van der Waals surface area contributed by atoms with E-state index >= 15 is 0 Å². The van der Waals surface area contributed by atoms with Crippen molar-refractivity contribution in [2.24, 2.45) is 0 Å². The number of nitrogens with two attached hydrogens (primary N) is 1. The lowest BCUT2D eigenvalue weighted by Crippen LogP contribution is -2.03. The van der Waals surface area contributed by atoms with Crippen molar-refractivity contribution in [3.8, 4) is 5.69 Å². The van der Waals surface area contributed by atoms with Crippen molar-refractivity contribution in [3.05, 3.63) is 35.7 Å². The zero-order valence-electron chi connectivity index (χ0n) is 9.34. The number of hydrogen-bond acceptors (Lipinski definition) is 4. The molecular weight excluding hydrogens is 204 g/mol. The predicted octanol–water partition coefficient (Wildman–Crippen LogP) is 1.30. The van der Waals surface area contributed by atoms with Crippen molar-refractivity contribution in [3.63, 3.8) is 0 Å². The van der Waals surface area contributed by atoms with Gasteiger partial charge in [-0.15, -0.1) is 0 Å². The standard InChI is InChI=1S/C11H14N4O/c1-8-3-4-9(12)5-11(8)15-13-6-10(14-15)7-16-2/h3-6H,7,12H2,1-2H3. The number of nitrogen functional groups attached to an aromatic ring is 1. The van der Waals surface area contributed by atoms with Crippen molar-refractivity contribution < 1.29 is 4.74 Å². The predicted molar refractivity (Wildman–Crippen MR) is 61.2 cm³/mol. The summed E-state index contributed by atoms with van der Waals surface area (Å²) in [5, 5.41) is 8.47. The van der Waals surface area contributed by atoms with E-state index in [4.69, 9.17) is 10.5 Å². The molecule has 1 aromatic heterocycles. The van der Waals surface area contributed by atoms with Gasteiger partial charge in [-0.1, -0.05) is 6.07 Å². The second-order valence-electron chi connectivity index (χ2n) is 3.60. The molecule has 84 valence electrons. The van der Waals surface area contributed by atoms with E-state index < -0.39 is 0 Å². The number of aromatic nitrogens is 3. The zero-order chi connectivity index (χ0) is 11.5. The Labute approximate surface area is 93.8 Å². The summed E-state index contributed by atoms with van der Waals surface area (Å²) in [5.41, 5.74) is 9.20. The number of methoxy groups -OCH3 is 1. The maximum absolute atomic E-state index is 5.74.